The smallest absolute Gasteiger partial charge is 0.307 e. The molecular formula is C13H14Br2O3S. The number of rotatable bonds is 4. The van der Waals surface area contributed by atoms with Crippen molar-refractivity contribution in [2.24, 2.45) is 17.8 Å². The predicted molar refractivity (Wildman–Crippen MR) is 81.7 cm³/mol. The molecule has 3 atom stereocenters. The van der Waals surface area contributed by atoms with E-state index in [2.05, 4.69) is 31.9 Å². The number of ketones is 1. The lowest BCUT2D eigenvalue weighted by atomic mass is 9.89. The molecule has 19 heavy (non-hydrogen) atoms. The summed E-state index contributed by atoms with van der Waals surface area (Å²) in [6, 6.07) is 1.77. The molecule has 1 aliphatic rings. The zero-order valence-corrected chi connectivity index (χ0v) is 14.3. The Morgan fingerprint density at radius 1 is 1.37 bits per heavy atom. The molecule has 0 radical (unpaired) electrons. The highest BCUT2D eigenvalue weighted by Gasteiger charge is 2.42. The minimum absolute atomic E-state index is 0.0443. The molecule has 6 heteroatoms. The van der Waals surface area contributed by atoms with Crippen molar-refractivity contribution in [2.75, 3.05) is 0 Å². The van der Waals surface area contributed by atoms with Gasteiger partial charge in [-0.15, -0.1) is 11.3 Å². The predicted octanol–water partition coefficient (Wildman–Crippen LogP) is 4.59. The summed E-state index contributed by atoms with van der Waals surface area (Å²) < 4.78 is 1.65. The largest absolute Gasteiger partial charge is 0.481 e. The summed E-state index contributed by atoms with van der Waals surface area (Å²) in [5.41, 5.74) is 0.602. The second-order valence-corrected chi connectivity index (χ2v) is 8.65. The van der Waals surface area contributed by atoms with Crippen LogP contribution in [0.2, 0.25) is 0 Å². The first-order valence-corrected chi connectivity index (χ1v) is 8.56. The lowest BCUT2D eigenvalue weighted by Crippen LogP contribution is -2.25. The highest BCUT2D eigenvalue weighted by atomic mass is 79.9. The van der Waals surface area contributed by atoms with Crippen LogP contribution in [0.3, 0.4) is 0 Å². The molecule has 1 heterocycles. The second-order valence-electron chi connectivity index (χ2n) is 4.90. The first-order chi connectivity index (χ1) is 8.93. The molecule has 0 amide bonds. The van der Waals surface area contributed by atoms with E-state index in [0.29, 0.717) is 24.3 Å². The van der Waals surface area contributed by atoms with Gasteiger partial charge in [-0.05, 0) is 56.7 Å². The van der Waals surface area contributed by atoms with Gasteiger partial charge in [-0.1, -0.05) is 13.3 Å². The minimum Gasteiger partial charge on any atom is -0.481 e. The number of halogens is 2. The number of hydrogen-bond donors (Lipinski definition) is 1. The average Bonchev–Trinajstić information content (AvgIpc) is 2.91. The molecule has 1 N–H and O–H groups in total. The molecular weight excluding hydrogens is 396 g/mol. The maximum atomic E-state index is 12.5. The molecule has 1 saturated carbocycles. The van der Waals surface area contributed by atoms with E-state index < -0.39 is 11.9 Å². The van der Waals surface area contributed by atoms with Crippen molar-refractivity contribution >= 4 is 54.9 Å². The van der Waals surface area contributed by atoms with Gasteiger partial charge in [0.25, 0.3) is 0 Å². The van der Waals surface area contributed by atoms with Crippen LogP contribution < -0.4 is 0 Å². The number of hydrogen-bond acceptors (Lipinski definition) is 3. The Labute approximate surface area is 132 Å². The lowest BCUT2D eigenvalue weighted by Gasteiger charge is -2.13. The molecule has 0 spiro atoms. The van der Waals surface area contributed by atoms with E-state index in [-0.39, 0.29) is 11.7 Å². The van der Waals surface area contributed by atoms with Gasteiger partial charge >= 0.3 is 5.97 Å². The molecule has 104 valence electrons. The summed E-state index contributed by atoms with van der Waals surface area (Å²) in [5.74, 6) is -1.48. The topological polar surface area (TPSA) is 54.4 Å². The van der Waals surface area contributed by atoms with Gasteiger partial charge in [0, 0.05) is 11.5 Å². The zero-order chi connectivity index (χ0) is 14.2. The second kappa shape index (κ2) is 6.06. The molecule has 2 rings (SSSR count). The third-order valence-electron chi connectivity index (χ3n) is 3.81. The number of thiophene rings is 1. The maximum absolute atomic E-state index is 12.5. The van der Waals surface area contributed by atoms with Crippen LogP contribution in [0.5, 0.6) is 0 Å². The van der Waals surface area contributed by atoms with Crippen LogP contribution in [0.4, 0.5) is 0 Å². The molecule has 1 aromatic rings. The summed E-state index contributed by atoms with van der Waals surface area (Å²) in [4.78, 5) is 23.9. The van der Waals surface area contributed by atoms with Crippen LogP contribution in [0.1, 0.15) is 36.5 Å². The van der Waals surface area contributed by atoms with Crippen molar-refractivity contribution in [3.63, 3.8) is 0 Å². The first kappa shape index (κ1) is 15.2. The van der Waals surface area contributed by atoms with E-state index in [4.69, 9.17) is 0 Å². The van der Waals surface area contributed by atoms with Crippen LogP contribution in [0.25, 0.3) is 0 Å². The SMILES string of the molecule is CCC1CC(C(=O)O)C(C(=O)c2cc(Br)sc2Br)C1. The molecule has 0 saturated heterocycles. The molecule has 0 bridgehead atoms. The van der Waals surface area contributed by atoms with E-state index in [1.807, 2.05) is 6.92 Å². The summed E-state index contributed by atoms with van der Waals surface area (Å²) in [5, 5.41) is 9.30. The number of Topliss-reactive ketones (excluding diaryl/α,β-unsaturated/α-hetero) is 1. The Morgan fingerprint density at radius 3 is 2.47 bits per heavy atom. The number of carbonyl (C=O) groups is 2. The average molecular weight is 410 g/mol. The van der Waals surface area contributed by atoms with Crippen LogP contribution in [0.15, 0.2) is 13.6 Å². The Kier molecular flexibility index (Phi) is 4.84. The van der Waals surface area contributed by atoms with Gasteiger partial charge < -0.3 is 5.11 Å². The molecule has 1 aromatic heterocycles. The van der Waals surface area contributed by atoms with Gasteiger partial charge in [-0.3, -0.25) is 9.59 Å². The van der Waals surface area contributed by atoms with E-state index in [1.54, 1.807) is 6.07 Å². The van der Waals surface area contributed by atoms with Crippen molar-refractivity contribution < 1.29 is 14.7 Å². The van der Waals surface area contributed by atoms with Crippen molar-refractivity contribution in [3.05, 3.63) is 19.2 Å². The summed E-state index contributed by atoms with van der Waals surface area (Å²) in [7, 11) is 0. The highest BCUT2D eigenvalue weighted by Crippen LogP contribution is 2.42. The Bertz CT molecular complexity index is 512. The first-order valence-electron chi connectivity index (χ1n) is 6.15. The lowest BCUT2D eigenvalue weighted by molar-refractivity contribution is -0.142. The van der Waals surface area contributed by atoms with E-state index in [0.717, 1.165) is 14.0 Å². The number of carboxylic acids is 1. The van der Waals surface area contributed by atoms with Gasteiger partial charge in [0.15, 0.2) is 5.78 Å². The summed E-state index contributed by atoms with van der Waals surface area (Å²) in [6.45, 7) is 2.05. The fraction of sp³-hybridized carbons (Fsp3) is 0.538. The summed E-state index contributed by atoms with van der Waals surface area (Å²) in [6.07, 6.45) is 2.24. The minimum atomic E-state index is -0.847. The molecule has 3 nitrogen and oxygen atoms in total. The number of carboxylic acid groups (broad SMARTS) is 1. The molecule has 1 fully saturated rings. The van der Waals surface area contributed by atoms with Gasteiger partial charge in [0.2, 0.25) is 0 Å². The third kappa shape index (κ3) is 3.11. The van der Waals surface area contributed by atoms with Crippen molar-refractivity contribution in [1.29, 1.82) is 0 Å². The van der Waals surface area contributed by atoms with E-state index in [1.165, 1.54) is 11.3 Å². The van der Waals surface area contributed by atoms with Crippen LogP contribution in [-0.2, 0) is 4.79 Å². The van der Waals surface area contributed by atoms with Crippen molar-refractivity contribution in [2.45, 2.75) is 26.2 Å². The quantitative estimate of drug-likeness (QED) is 0.739. The zero-order valence-electron chi connectivity index (χ0n) is 10.4. The third-order valence-corrected chi connectivity index (χ3v) is 6.15. The fourth-order valence-corrected chi connectivity index (χ4v) is 5.56. The van der Waals surface area contributed by atoms with Crippen LogP contribution in [0, 0.1) is 17.8 Å². The molecule has 1 aliphatic carbocycles. The normalized spacial score (nSPS) is 26.6. The Balaban J connectivity index is 2.26. The van der Waals surface area contributed by atoms with Crippen molar-refractivity contribution in [3.8, 4) is 0 Å². The van der Waals surface area contributed by atoms with Gasteiger partial charge in [0.1, 0.15) is 0 Å². The van der Waals surface area contributed by atoms with Crippen LogP contribution >= 0.6 is 43.2 Å². The standard InChI is InChI=1S/C13H14Br2O3S/c1-2-6-3-7(8(4-6)13(17)18)11(16)9-5-10(14)19-12(9)15/h5-8H,2-4H2,1H3,(H,17,18). The van der Waals surface area contributed by atoms with E-state index >= 15 is 0 Å². The van der Waals surface area contributed by atoms with E-state index in [9.17, 15) is 14.7 Å². The molecule has 0 aromatic carbocycles. The van der Waals surface area contributed by atoms with Gasteiger partial charge in [0.05, 0.1) is 13.5 Å². The van der Waals surface area contributed by atoms with Crippen LogP contribution in [-0.4, -0.2) is 16.9 Å². The fourth-order valence-electron chi connectivity index (χ4n) is 2.75. The van der Waals surface area contributed by atoms with Gasteiger partial charge in [-0.25, -0.2) is 0 Å². The molecule has 3 unspecified atom stereocenters. The highest BCUT2D eigenvalue weighted by molar-refractivity contribution is 9.12. The Hall–Kier alpha value is -0.200. The number of aliphatic carboxylic acids is 1. The van der Waals surface area contributed by atoms with Crippen molar-refractivity contribution in [1.82, 2.24) is 0 Å². The monoisotopic (exact) mass is 408 g/mol. The summed E-state index contributed by atoms with van der Waals surface area (Å²) >= 11 is 8.16. The molecule has 0 aliphatic heterocycles. The van der Waals surface area contributed by atoms with Gasteiger partial charge in [-0.2, -0.15) is 0 Å². The number of carbonyl (C=O) groups excluding carboxylic acids is 1. The maximum Gasteiger partial charge on any atom is 0.307 e. The Morgan fingerprint density at radius 2 is 2.00 bits per heavy atom.